The third-order valence-electron chi connectivity index (χ3n) is 3.65. The first-order chi connectivity index (χ1) is 12.8. The van der Waals surface area contributed by atoms with E-state index in [-0.39, 0.29) is 5.69 Å². The molecule has 0 radical (unpaired) electrons. The van der Waals surface area contributed by atoms with Crippen molar-refractivity contribution in [3.8, 4) is 17.3 Å². The number of aliphatic imine (C=N–C) groups is 1. The molecular formula is C19H18F3N5. The Hall–Kier alpha value is -3.21. The zero-order chi connectivity index (χ0) is 20.0. The molecule has 140 valence electrons. The van der Waals surface area contributed by atoms with Gasteiger partial charge in [-0.3, -0.25) is 0 Å². The summed E-state index contributed by atoms with van der Waals surface area (Å²) in [5, 5.41) is 19.2. The summed E-state index contributed by atoms with van der Waals surface area (Å²) in [5.41, 5.74) is 1.68. The van der Waals surface area contributed by atoms with Gasteiger partial charge in [-0.05, 0) is 42.7 Å². The number of aromatic nitrogens is 3. The van der Waals surface area contributed by atoms with Crippen molar-refractivity contribution in [1.29, 1.82) is 5.26 Å². The van der Waals surface area contributed by atoms with Crippen LogP contribution in [0.5, 0.6) is 0 Å². The van der Waals surface area contributed by atoms with E-state index in [2.05, 4.69) is 27.0 Å². The summed E-state index contributed by atoms with van der Waals surface area (Å²) in [6.45, 7) is 7.00. The van der Waals surface area contributed by atoms with Crippen molar-refractivity contribution < 1.29 is 13.2 Å². The van der Waals surface area contributed by atoms with E-state index < -0.39 is 11.9 Å². The Morgan fingerprint density at radius 2 is 2.07 bits per heavy atom. The average molecular weight is 373 g/mol. The van der Waals surface area contributed by atoms with Gasteiger partial charge in [-0.15, -0.1) is 5.10 Å². The maximum absolute atomic E-state index is 13.2. The van der Waals surface area contributed by atoms with Crippen molar-refractivity contribution in [2.45, 2.75) is 32.9 Å². The van der Waals surface area contributed by atoms with Gasteiger partial charge in [0.25, 0.3) is 0 Å². The first kappa shape index (κ1) is 20.1. The second-order valence-electron chi connectivity index (χ2n) is 5.81. The van der Waals surface area contributed by atoms with Crippen LogP contribution in [0.15, 0.2) is 47.6 Å². The number of nitrogens with one attached hydrogen (secondary N) is 1. The molecule has 1 aromatic heterocycles. The maximum atomic E-state index is 13.2. The number of rotatable bonds is 6. The SMILES string of the molecule is C=C/C=C(\N=C(CCC)c1cc(C)cc(-c2n[nH]nc2C#N)c1)C(F)(F)F. The van der Waals surface area contributed by atoms with Crippen molar-refractivity contribution in [1.82, 2.24) is 15.4 Å². The van der Waals surface area contributed by atoms with Gasteiger partial charge in [0.2, 0.25) is 0 Å². The number of nitriles is 1. The van der Waals surface area contributed by atoms with Crippen LogP contribution < -0.4 is 0 Å². The minimum Gasteiger partial charge on any atom is -0.248 e. The number of H-pyrrole nitrogens is 1. The van der Waals surface area contributed by atoms with Crippen LogP contribution in [0.4, 0.5) is 13.2 Å². The maximum Gasteiger partial charge on any atom is 0.433 e. The normalized spacial score (nSPS) is 12.7. The summed E-state index contributed by atoms with van der Waals surface area (Å²) >= 11 is 0. The van der Waals surface area contributed by atoms with Crippen molar-refractivity contribution >= 4 is 5.71 Å². The molecule has 8 heteroatoms. The molecule has 1 aromatic carbocycles. The highest BCUT2D eigenvalue weighted by atomic mass is 19.4. The molecule has 27 heavy (non-hydrogen) atoms. The van der Waals surface area contributed by atoms with Gasteiger partial charge in [0.05, 0.1) is 0 Å². The molecule has 5 nitrogen and oxygen atoms in total. The molecule has 2 rings (SSSR count). The Morgan fingerprint density at radius 1 is 1.33 bits per heavy atom. The van der Waals surface area contributed by atoms with E-state index >= 15 is 0 Å². The van der Waals surface area contributed by atoms with Gasteiger partial charge < -0.3 is 0 Å². The minimum atomic E-state index is -4.58. The number of allylic oxidation sites excluding steroid dienone is 3. The minimum absolute atomic E-state index is 0.114. The summed E-state index contributed by atoms with van der Waals surface area (Å²) in [5.74, 6) is 0. The van der Waals surface area contributed by atoms with Crippen LogP contribution in [0.25, 0.3) is 11.3 Å². The highest BCUT2D eigenvalue weighted by molar-refractivity contribution is 6.02. The second-order valence-corrected chi connectivity index (χ2v) is 5.81. The van der Waals surface area contributed by atoms with Crippen LogP contribution in [0.3, 0.4) is 0 Å². The summed E-state index contributed by atoms with van der Waals surface area (Å²) < 4.78 is 39.7. The number of hydrogen-bond acceptors (Lipinski definition) is 4. The van der Waals surface area contributed by atoms with E-state index in [1.165, 1.54) is 0 Å². The van der Waals surface area contributed by atoms with E-state index in [4.69, 9.17) is 5.26 Å². The molecule has 0 aliphatic rings. The number of hydrogen-bond donors (Lipinski definition) is 1. The molecule has 0 saturated carbocycles. The van der Waals surface area contributed by atoms with Crippen LogP contribution in [-0.4, -0.2) is 27.3 Å². The van der Waals surface area contributed by atoms with Gasteiger partial charge in [-0.1, -0.05) is 32.1 Å². The van der Waals surface area contributed by atoms with Crippen molar-refractivity contribution in [3.05, 3.63) is 59.4 Å². The molecule has 0 atom stereocenters. The molecule has 0 amide bonds. The number of aryl methyl sites for hydroxylation is 1. The molecule has 1 N–H and O–H groups in total. The second kappa shape index (κ2) is 8.45. The molecule has 0 fully saturated rings. The van der Waals surface area contributed by atoms with E-state index in [0.717, 1.165) is 17.7 Å². The van der Waals surface area contributed by atoms with Crippen LogP contribution in [0.2, 0.25) is 0 Å². The van der Waals surface area contributed by atoms with Crippen molar-refractivity contribution in [2.24, 2.45) is 4.99 Å². The van der Waals surface area contributed by atoms with Crippen molar-refractivity contribution in [3.63, 3.8) is 0 Å². The van der Waals surface area contributed by atoms with Gasteiger partial charge in [-0.2, -0.15) is 28.7 Å². The fraction of sp³-hybridized carbons (Fsp3) is 0.263. The standard InChI is InChI=1S/C19H18F3N5/c1-4-6-15(24-17(7-5-2)19(20,21)22)13-8-12(3)9-14(10-13)18-16(11-23)25-27-26-18/h5,7-10H,2,4,6H2,1,3H3,(H,25,26,27)/b17-7-,24-15?. The Morgan fingerprint density at radius 3 is 2.67 bits per heavy atom. The van der Waals surface area contributed by atoms with E-state index in [1.54, 1.807) is 18.2 Å². The third-order valence-corrected chi connectivity index (χ3v) is 3.65. The summed E-state index contributed by atoms with van der Waals surface area (Å²) in [4.78, 5) is 3.88. The molecule has 1 heterocycles. The molecule has 0 spiro atoms. The summed E-state index contributed by atoms with van der Waals surface area (Å²) in [6, 6.07) is 7.14. The fourth-order valence-electron chi connectivity index (χ4n) is 2.55. The average Bonchev–Trinajstić information content (AvgIpc) is 3.08. The number of benzene rings is 1. The Bertz CT molecular complexity index is 930. The lowest BCUT2D eigenvalue weighted by Gasteiger charge is -2.12. The third kappa shape index (κ3) is 4.91. The zero-order valence-corrected chi connectivity index (χ0v) is 14.9. The molecule has 2 aromatic rings. The van der Waals surface area contributed by atoms with E-state index in [0.29, 0.717) is 35.4 Å². The lowest BCUT2D eigenvalue weighted by atomic mass is 9.98. The number of halogens is 3. The predicted molar refractivity (Wildman–Crippen MR) is 97.1 cm³/mol. The number of aromatic amines is 1. The monoisotopic (exact) mass is 373 g/mol. The van der Waals surface area contributed by atoms with Crippen LogP contribution in [-0.2, 0) is 0 Å². The Labute approximate surface area is 154 Å². The Kier molecular flexibility index (Phi) is 6.29. The number of nitrogens with zero attached hydrogens (tertiary/aromatic N) is 4. The largest absolute Gasteiger partial charge is 0.433 e. The molecule has 0 aliphatic heterocycles. The van der Waals surface area contributed by atoms with Crippen molar-refractivity contribution in [2.75, 3.05) is 0 Å². The molecular weight excluding hydrogens is 355 g/mol. The quantitative estimate of drug-likeness (QED) is 0.579. The molecule has 0 aliphatic carbocycles. The number of alkyl halides is 3. The van der Waals surface area contributed by atoms with Crippen LogP contribution in [0.1, 0.15) is 36.6 Å². The fourth-order valence-corrected chi connectivity index (χ4v) is 2.55. The van der Waals surface area contributed by atoms with Gasteiger partial charge >= 0.3 is 6.18 Å². The van der Waals surface area contributed by atoms with Gasteiger partial charge in [0.1, 0.15) is 17.5 Å². The lowest BCUT2D eigenvalue weighted by molar-refractivity contribution is -0.0923. The smallest absolute Gasteiger partial charge is 0.248 e. The summed E-state index contributed by atoms with van der Waals surface area (Å²) in [6.07, 6.45) is -1.70. The van der Waals surface area contributed by atoms with Gasteiger partial charge in [0.15, 0.2) is 5.69 Å². The summed E-state index contributed by atoms with van der Waals surface area (Å²) in [7, 11) is 0. The highest BCUT2D eigenvalue weighted by Crippen LogP contribution is 2.29. The van der Waals surface area contributed by atoms with E-state index in [9.17, 15) is 13.2 Å². The topological polar surface area (TPSA) is 77.7 Å². The first-order valence-electron chi connectivity index (χ1n) is 8.21. The van der Waals surface area contributed by atoms with Crippen LogP contribution in [0, 0.1) is 18.3 Å². The van der Waals surface area contributed by atoms with Crippen LogP contribution >= 0.6 is 0 Å². The van der Waals surface area contributed by atoms with E-state index in [1.807, 2.05) is 19.9 Å². The molecule has 0 bridgehead atoms. The molecule has 0 saturated heterocycles. The Balaban J connectivity index is 2.62. The first-order valence-corrected chi connectivity index (χ1v) is 8.21. The molecule has 0 unspecified atom stereocenters. The predicted octanol–water partition coefficient (Wildman–Crippen LogP) is 4.87. The van der Waals surface area contributed by atoms with Gasteiger partial charge in [0, 0.05) is 11.3 Å². The lowest BCUT2D eigenvalue weighted by Crippen LogP contribution is -2.13. The highest BCUT2D eigenvalue weighted by Gasteiger charge is 2.33. The van der Waals surface area contributed by atoms with Gasteiger partial charge in [-0.25, -0.2) is 4.99 Å². The zero-order valence-electron chi connectivity index (χ0n) is 14.9.